The van der Waals surface area contributed by atoms with Gasteiger partial charge >= 0.3 is 5.97 Å². The summed E-state index contributed by atoms with van der Waals surface area (Å²) in [6.45, 7) is 2.15. The number of methoxy groups -OCH3 is 1. The Bertz CT molecular complexity index is 2230. The minimum atomic E-state index is -0.809. The van der Waals surface area contributed by atoms with Crippen molar-refractivity contribution in [1.29, 1.82) is 5.26 Å². The van der Waals surface area contributed by atoms with Gasteiger partial charge in [-0.1, -0.05) is 78.1 Å². The molecule has 1 aromatic heterocycles. The lowest BCUT2D eigenvalue weighted by Gasteiger charge is -2.26. The zero-order valence-electron chi connectivity index (χ0n) is 25.5. The largest absolute Gasteiger partial charge is 0.497 e. The van der Waals surface area contributed by atoms with Crippen molar-refractivity contribution < 1.29 is 19.0 Å². The van der Waals surface area contributed by atoms with Gasteiger partial charge in [0.15, 0.2) is 4.80 Å². The summed E-state index contributed by atoms with van der Waals surface area (Å²) in [4.78, 5) is 33.2. The Balaban J connectivity index is 1.46. The lowest BCUT2D eigenvalue weighted by atomic mass is 9.93. The van der Waals surface area contributed by atoms with Crippen molar-refractivity contribution in [2.24, 2.45) is 4.99 Å². The van der Waals surface area contributed by atoms with Crippen molar-refractivity contribution in [2.45, 2.75) is 19.6 Å². The number of esters is 1. The molecule has 0 amide bonds. The minimum Gasteiger partial charge on any atom is -0.497 e. The molecule has 0 N–H and O–H groups in total. The fourth-order valence-corrected chi connectivity index (χ4v) is 6.87. The first-order valence-corrected chi connectivity index (χ1v) is 16.4. The predicted molar refractivity (Wildman–Crippen MR) is 184 cm³/mol. The van der Waals surface area contributed by atoms with Crippen molar-refractivity contribution >= 4 is 45.0 Å². The van der Waals surface area contributed by atoms with E-state index in [-0.39, 0.29) is 24.3 Å². The highest BCUT2D eigenvalue weighted by Gasteiger charge is 2.35. The number of carbonyl (C=O) groups is 1. The molecule has 2 heterocycles. The first kappa shape index (κ1) is 31.7. The third-order valence-corrected chi connectivity index (χ3v) is 9.16. The van der Waals surface area contributed by atoms with Crippen LogP contribution < -0.4 is 24.4 Å². The molecule has 0 radical (unpaired) electrons. The molecule has 1 atom stereocenters. The minimum absolute atomic E-state index is 0.166. The lowest BCUT2D eigenvalue weighted by molar-refractivity contribution is -0.138. The number of nitrogens with zero attached hydrogens (tertiary/aromatic N) is 3. The second-order valence-corrected chi connectivity index (χ2v) is 12.3. The van der Waals surface area contributed by atoms with Crippen molar-refractivity contribution in [3.8, 4) is 17.6 Å². The van der Waals surface area contributed by atoms with Gasteiger partial charge in [0.05, 0.1) is 51.7 Å². The van der Waals surface area contributed by atoms with Gasteiger partial charge in [-0.25, -0.2) is 9.79 Å². The number of ether oxygens (including phenoxy) is 3. The summed E-state index contributed by atoms with van der Waals surface area (Å²) >= 11 is 4.84. The molecule has 0 fully saturated rings. The molecular weight excluding hydrogens is 678 g/mol. The van der Waals surface area contributed by atoms with Gasteiger partial charge in [-0.2, -0.15) is 5.26 Å². The summed E-state index contributed by atoms with van der Waals surface area (Å²) in [5, 5.41) is 9.39. The molecule has 0 saturated heterocycles. The fourth-order valence-electron chi connectivity index (χ4n) is 5.35. The molecule has 0 saturated carbocycles. The quantitative estimate of drug-likeness (QED) is 0.170. The van der Waals surface area contributed by atoms with E-state index in [2.05, 4.69) is 22.0 Å². The SMILES string of the molecule is CCOC(=O)C1=C(c2ccccc2)N=c2s/c(=C/c3ccc(OCc4ccccc4C#N)c(Br)c3)c(=O)n2[C@@H]1c1cccc(OC)c1. The van der Waals surface area contributed by atoms with Crippen molar-refractivity contribution in [3.05, 3.63) is 155 Å². The Morgan fingerprint density at radius 3 is 2.57 bits per heavy atom. The number of rotatable bonds is 9. The van der Waals surface area contributed by atoms with Gasteiger partial charge in [-0.3, -0.25) is 9.36 Å². The zero-order valence-corrected chi connectivity index (χ0v) is 27.9. The van der Waals surface area contributed by atoms with Crippen LogP contribution in [0.2, 0.25) is 0 Å². The average Bonchev–Trinajstić information content (AvgIpc) is 3.41. The number of hydrogen-bond donors (Lipinski definition) is 0. The van der Waals surface area contributed by atoms with Crippen LogP contribution in [0.1, 0.15) is 40.8 Å². The Morgan fingerprint density at radius 2 is 1.83 bits per heavy atom. The van der Waals surface area contributed by atoms with E-state index >= 15 is 0 Å². The Hall–Kier alpha value is -5.24. The van der Waals surface area contributed by atoms with E-state index in [0.717, 1.165) is 16.7 Å². The highest BCUT2D eigenvalue weighted by molar-refractivity contribution is 9.10. The van der Waals surface area contributed by atoms with Gasteiger partial charge in [0.2, 0.25) is 0 Å². The molecule has 47 heavy (non-hydrogen) atoms. The summed E-state index contributed by atoms with van der Waals surface area (Å²) in [5.74, 6) is 0.643. The molecule has 0 unspecified atom stereocenters. The molecule has 0 aliphatic carbocycles. The summed E-state index contributed by atoms with van der Waals surface area (Å²) in [6.07, 6.45) is 1.79. The summed E-state index contributed by atoms with van der Waals surface area (Å²) in [7, 11) is 1.57. The molecule has 8 nitrogen and oxygen atoms in total. The topological polar surface area (TPSA) is 103 Å². The number of nitriles is 1. The molecule has 10 heteroatoms. The molecule has 6 rings (SSSR count). The van der Waals surface area contributed by atoms with E-state index in [0.29, 0.717) is 42.1 Å². The van der Waals surface area contributed by atoms with Crippen LogP contribution in [0.4, 0.5) is 0 Å². The molecule has 1 aliphatic heterocycles. The predicted octanol–water partition coefficient (Wildman–Crippen LogP) is 6.16. The normalized spacial score (nSPS) is 14.2. The van der Waals surface area contributed by atoms with Gasteiger partial charge in [0.1, 0.15) is 18.1 Å². The van der Waals surface area contributed by atoms with Crippen molar-refractivity contribution in [1.82, 2.24) is 4.57 Å². The van der Waals surface area contributed by atoms with E-state index in [1.165, 1.54) is 11.3 Å². The second kappa shape index (κ2) is 14.0. The number of carbonyl (C=O) groups excluding carboxylic acids is 1. The van der Waals surface area contributed by atoms with Gasteiger partial charge < -0.3 is 14.2 Å². The van der Waals surface area contributed by atoms with Gasteiger partial charge in [0.25, 0.3) is 5.56 Å². The van der Waals surface area contributed by atoms with Crippen molar-refractivity contribution in [3.63, 3.8) is 0 Å². The number of fused-ring (bicyclic) bond motifs is 1. The monoisotopic (exact) mass is 705 g/mol. The number of aromatic nitrogens is 1. The van der Waals surface area contributed by atoms with Crippen LogP contribution in [0, 0.1) is 11.3 Å². The molecule has 0 spiro atoms. The smallest absolute Gasteiger partial charge is 0.338 e. The van der Waals surface area contributed by atoms with Gasteiger partial charge in [-0.05, 0) is 70.4 Å². The van der Waals surface area contributed by atoms with Crippen LogP contribution in [-0.2, 0) is 16.1 Å². The van der Waals surface area contributed by atoms with E-state index in [1.807, 2.05) is 91.0 Å². The molecule has 1 aliphatic rings. The first-order chi connectivity index (χ1) is 22.9. The maximum Gasteiger partial charge on any atom is 0.338 e. The highest BCUT2D eigenvalue weighted by atomic mass is 79.9. The maximum absolute atomic E-state index is 14.2. The van der Waals surface area contributed by atoms with Crippen LogP contribution >= 0.6 is 27.3 Å². The van der Waals surface area contributed by atoms with Gasteiger partial charge in [-0.15, -0.1) is 0 Å². The molecule has 234 valence electrons. The zero-order chi connectivity index (χ0) is 32.9. The third kappa shape index (κ3) is 6.54. The van der Waals surface area contributed by atoms with Crippen LogP contribution in [0.25, 0.3) is 11.8 Å². The van der Waals surface area contributed by atoms with Crippen LogP contribution in [0.15, 0.2) is 117 Å². The van der Waals surface area contributed by atoms with Crippen molar-refractivity contribution in [2.75, 3.05) is 13.7 Å². The average molecular weight is 707 g/mol. The Kier molecular flexibility index (Phi) is 9.47. The first-order valence-electron chi connectivity index (χ1n) is 14.7. The van der Waals surface area contributed by atoms with E-state index in [1.54, 1.807) is 30.7 Å². The standard InChI is InChI=1S/C37H28BrN3O5S/c1-3-45-36(43)32-33(24-10-5-4-6-11-24)40-37-41(34(32)25-14-9-15-28(20-25)44-2)35(42)31(47-37)19-23-16-17-30(29(38)18-23)46-22-27-13-8-7-12-26(27)21-39/h4-20,34H,3,22H2,1-2H3/b31-19+/t34-/m1/s1. The molecule has 5 aromatic rings. The second-order valence-electron chi connectivity index (χ2n) is 10.5. The van der Waals surface area contributed by atoms with Gasteiger partial charge in [0, 0.05) is 11.1 Å². The van der Waals surface area contributed by atoms with E-state index in [9.17, 15) is 14.9 Å². The van der Waals surface area contributed by atoms with E-state index < -0.39 is 12.0 Å². The van der Waals surface area contributed by atoms with E-state index in [4.69, 9.17) is 19.2 Å². The summed E-state index contributed by atoms with van der Waals surface area (Å²) in [6, 6.07) is 30.9. The number of hydrogen-bond acceptors (Lipinski definition) is 8. The Morgan fingerprint density at radius 1 is 1.04 bits per heavy atom. The maximum atomic E-state index is 14.2. The highest BCUT2D eigenvalue weighted by Crippen LogP contribution is 2.36. The van der Waals surface area contributed by atoms with Crippen LogP contribution in [-0.4, -0.2) is 24.3 Å². The third-order valence-electron chi connectivity index (χ3n) is 7.56. The Labute approximate surface area is 283 Å². The van der Waals surface area contributed by atoms with Crippen LogP contribution in [0.3, 0.4) is 0 Å². The molecule has 0 bridgehead atoms. The summed E-state index contributed by atoms with van der Waals surface area (Å²) in [5.41, 5.74) is 3.96. The summed E-state index contributed by atoms with van der Waals surface area (Å²) < 4.78 is 19.7. The number of halogens is 1. The molecular formula is C37H28BrN3O5S. The number of thiazole rings is 1. The fraction of sp³-hybridized carbons (Fsp3) is 0.135. The lowest BCUT2D eigenvalue weighted by Crippen LogP contribution is -2.40. The van der Waals surface area contributed by atoms with Crippen LogP contribution in [0.5, 0.6) is 11.5 Å². The number of benzene rings is 4. The molecule has 4 aromatic carbocycles.